The van der Waals surface area contributed by atoms with E-state index in [9.17, 15) is 0 Å². The van der Waals surface area contributed by atoms with Crippen LogP contribution in [0.25, 0.3) is 0 Å². The molecular weight excluding hydrogens is 1800 g/mol. The summed E-state index contributed by atoms with van der Waals surface area (Å²) >= 11 is 0. The zero-order chi connectivity index (χ0) is 96.9. The maximum atomic E-state index is 15.0. The van der Waals surface area contributed by atoms with E-state index in [4.69, 9.17) is 94.7 Å². The van der Waals surface area contributed by atoms with Crippen LogP contribution < -0.4 is 0 Å². The third-order valence-electron chi connectivity index (χ3n) is 26.0. The lowest BCUT2D eigenvalue weighted by molar-refractivity contribution is -0.384. The highest BCUT2D eigenvalue weighted by Crippen LogP contribution is 2.43. The zero-order valence-corrected chi connectivity index (χ0v) is 80.2. The van der Waals surface area contributed by atoms with Crippen molar-refractivity contribution in [2.75, 3.05) is 19.8 Å². The van der Waals surface area contributed by atoms with Crippen LogP contribution in [0, 0.1) is 0 Å². The van der Waals surface area contributed by atoms with Crippen LogP contribution in [-0.4, -0.2) is 154 Å². The van der Waals surface area contributed by atoms with Crippen LogP contribution in [0.3, 0.4) is 0 Å². The first-order chi connectivity index (χ1) is 70.8. The van der Waals surface area contributed by atoms with Gasteiger partial charge in [0.25, 0.3) is 0 Å². The molecule has 4 aliphatic rings. The van der Waals surface area contributed by atoms with E-state index in [0.29, 0.717) is 0 Å². The number of hydrogen-bond acceptors (Lipinski definition) is 21. The maximum absolute atomic E-state index is 15.0. The van der Waals surface area contributed by atoms with Gasteiger partial charge in [-0.25, -0.2) is 0 Å². The molecule has 21 atom stereocenters. The maximum Gasteiger partial charge on any atom is 0.187 e. The first-order valence-electron chi connectivity index (χ1n) is 49.5. The molecule has 0 radical (unpaired) electrons. The second-order valence-corrected chi connectivity index (χ2v) is 36.3. The predicted octanol–water partition coefficient (Wildman–Crippen LogP) is 20.8. The molecule has 1 saturated carbocycles. The SMILES string of the molecule is OC1C(OC2OC(COCc3ccccc3)C(OCc3ccccc3)C(OCc3ccccc3)C2OCc2ccccc2)C(OCc2ccccc2)C(OCc2ccccc2)C(OCc2ccccc2)C1OC1OC(COC2OC(COCc3ccccc3)C(OCc3ccccc3)C(OCc3ccccc3)C2OCc2ccccc2)C(OCc2ccccc2)C(OCc2ccccc2)C1OCc1ccccc1. The molecule has 0 bridgehead atoms. The van der Waals surface area contributed by atoms with E-state index in [1.807, 2.05) is 425 Å². The quantitative estimate of drug-likeness (QED) is 0.0376. The average Bonchev–Trinajstić information content (AvgIpc) is 0.747. The number of aliphatic hydroxyl groups is 1. The second-order valence-electron chi connectivity index (χ2n) is 36.3. The molecule has 3 aliphatic heterocycles. The van der Waals surface area contributed by atoms with Crippen molar-refractivity contribution < 1.29 is 99.8 Å². The van der Waals surface area contributed by atoms with Crippen LogP contribution in [0.1, 0.15) is 77.9 Å². The highest BCUT2D eigenvalue weighted by atomic mass is 16.8. The van der Waals surface area contributed by atoms with Gasteiger partial charge in [-0.2, -0.15) is 0 Å². The Morgan fingerprint density at radius 2 is 0.294 bits per heavy atom. The van der Waals surface area contributed by atoms with Gasteiger partial charge in [-0.1, -0.05) is 425 Å². The smallest absolute Gasteiger partial charge is 0.187 e. The van der Waals surface area contributed by atoms with Crippen molar-refractivity contribution in [3.63, 3.8) is 0 Å². The van der Waals surface area contributed by atoms with Crippen molar-refractivity contribution >= 4 is 0 Å². The molecule has 21 unspecified atom stereocenters. The second kappa shape index (κ2) is 54.3. The highest BCUT2D eigenvalue weighted by Gasteiger charge is 2.61. The van der Waals surface area contributed by atoms with Gasteiger partial charge in [-0.15, -0.1) is 0 Å². The van der Waals surface area contributed by atoms with E-state index < -0.39 is 129 Å². The van der Waals surface area contributed by atoms with Gasteiger partial charge in [0.05, 0.1) is 112 Å². The Kier molecular flexibility index (Phi) is 38.4. The topological polar surface area (TPSA) is 205 Å². The molecular formula is C122H126O21. The van der Waals surface area contributed by atoms with Crippen LogP contribution in [-0.2, 0) is 187 Å². The van der Waals surface area contributed by atoms with Crippen molar-refractivity contribution in [3.05, 3.63) is 503 Å². The minimum absolute atomic E-state index is 0.00698. The third kappa shape index (κ3) is 29.5. The number of benzene rings is 14. The summed E-state index contributed by atoms with van der Waals surface area (Å²) in [4.78, 5) is 0. The van der Waals surface area contributed by atoms with Crippen LogP contribution in [0.5, 0.6) is 0 Å². The fourth-order valence-corrected chi connectivity index (χ4v) is 18.5. The van der Waals surface area contributed by atoms with E-state index in [2.05, 4.69) is 0 Å². The van der Waals surface area contributed by atoms with Crippen molar-refractivity contribution in [3.8, 4) is 0 Å². The van der Waals surface area contributed by atoms with Crippen molar-refractivity contribution in [1.29, 1.82) is 0 Å². The van der Waals surface area contributed by atoms with Crippen LogP contribution >= 0.6 is 0 Å². The Bertz CT molecular complexity index is 5850. The average molecular weight is 1930 g/mol. The summed E-state index contributed by atoms with van der Waals surface area (Å²) in [7, 11) is 0. The summed E-state index contributed by atoms with van der Waals surface area (Å²) in [5.74, 6) is 0. The van der Waals surface area contributed by atoms with Gasteiger partial charge in [0.15, 0.2) is 18.9 Å². The van der Waals surface area contributed by atoms with E-state index in [-0.39, 0.29) is 112 Å². The van der Waals surface area contributed by atoms with E-state index in [1.54, 1.807) is 0 Å². The van der Waals surface area contributed by atoms with Gasteiger partial charge in [-0.3, -0.25) is 0 Å². The normalized spacial score (nSPS) is 24.9. The number of aliphatic hydroxyl groups excluding tert-OH is 1. The van der Waals surface area contributed by atoms with Gasteiger partial charge in [0.1, 0.15) is 110 Å². The fourth-order valence-electron chi connectivity index (χ4n) is 18.5. The Morgan fingerprint density at radius 3 is 0.497 bits per heavy atom. The summed E-state index contributed by atoms with van der Waals surface area (Å²) in [6.45, 7) is 1.22. The molecule has 143 heavy (non-hydrogen) atoms. The standard InChI is InChI=1S/C122H126O21/c123-105-109(142-121-118(136-83-100-67-39-13-40-68-100)112(130-77-94-55-27-7-28-56-94)107(127-74-91-49-21-4-22-50-91)103(140-121)86-125-72-89-45-17-2-18-46-89)114(132-79-96-59-31-9-32-60-96)116(134-81-98-63-35-11-36-64-98)115(133-80-97-61-33-10-34-62-97)110(105)143-122-119(137-84-101-69-41-14-42-70-101)113(131-78-95-57-29-8-30-58-95)108(128-75-92-51-23-5-24-52-92)104(141-122)87-138-120-117(135-82-99-65-37-12-38-66-99)111(129-76-93-53-25-6-26-54-93)106(126-73-90-47-19-3-20-48-90)102(139-120)85-124-71-88-43-15-1-16-44-88/h1-70,102-123H,71-87H2. The number of hydrogen-bond donors (Lipinski definition) is 1. The lowest BCUT2D eigenvalue weighted by Crippen LogP contribution is -2.71. The molecule has 1 aliphatic carbocycles. The molecule has 14 aromatic rings. The molecule has 14 aromatic carbocycles. The van der Waals surface area contributed by atoms with Gasteiger partial charge >= 0.3 is 0 Å². The molecule has 0 spiro atoms. The first-order valence-corrected chi connectivity index (χ1v) is 49.5. The predicted molar refractivity (Wildman–Crippen MR) is 540 cm³/mol. The Balaban J connectivity index is 0.787. The molecule has 3 saturated heterocycles. The zero-order valence-electron chi connectivity index (χ0n) is 80.2. The van der Waals surface area contributed by atoms with E-state index in [1.165, 1.54) is 0 Å². The number of rotatable bonds is 51. The Morgan fingerprint density at radius 1 is 0.147 bits per heavy atom. The first kappa shape index (κ1) is 101. The van der Waals surface area contributed by atoms with Gasteiger partial charge in [0.2, 0.25) is 0 Å². The molecule has 1 N–H and O–H groups in total. The van der Waals surface area contributed by atoms with Crippen molar-refractivity contribution in [1.82, 2.24) is 0 Å². The number of ether oxygens (including phenoxy) is 20. The van der Waals surface area contributed by atoms with Crippen molar-refractivity contribution in [2.45, 2.75) is 221 Å². The Labute approximate surface area is 838 Å². The summed E-state index contributed by atoms with van der Waals surface area (Å²) in [5, 5.41) is 15.0. The molecule has 21 heteroatoms. The van der Waals surface area contributed by atoms with E-state index in [0.717, 1.165) is 77.9 Å². The van der Waals surface area contributed by atoms with Gasteiger partial charge < -0.3 is 99.8 Å². The molecule has 0 aromatic heterocycles. The molecule has 740 valence electrons. The van der Waals surface area contributed by atoms with Gasteiger partial charge in [0, 0.05) is 0 Å². The Hall–Kier alpha value is -11.8. The lowest BCUT2D eigenvalue weighted by atomic mass is 9.83. The molecule has 21 nitrogen and oxygen atoms in total. The van der Waals surface area contributed by atoms with Crippen LogP contribution in [0.4, 0.5) is 0 Å². The minimum Gasteiger partial charge on any atom is -0.387 e. The summed E-state index contributed by atoms with van der Waals surface area (Å²) < 4.78 is 150. The third-order valence-corrected chi connectivity index (χ3v) is 26.0. The molecule has 4 fully saturated rings. The molecule has 18 rings (SSSR count). The fraction of sp³-hybridized carbons (Fsp3) is 0.311. The molecule has 0 amide bonds. The minimum atomic E-state index is -1.79. The largest absolute Gasteiger partial charge is 0.387 e. The summed E-state index contributed by atoms with van der Waals surface area (Å²) in [5.41, 5.74) is 12.3. The van der Waals surface area contributed by atoms with Crippen molar-refractivity contribution in [2.24, 2.45) is 0 Å². The summed E-state index contributed by atoms with van der Waals surface area (Å²) in [6, 6.07) is 139. The lowest BCUT2D eigenvalue weighted by Gasteiger charge is -2.53. The van der Waals surface area contributed by atoms with Crippen LogP contribution in [0.2, 0.25) is 0 Å². The van der Waals surface area contributed by atoms with Gasteiger partial charge in [-0.05, 0) is 77.9 Å². The molecule has 3 heterocycles. The monoisotopic (exact) mass is 1930 g/mol. The summed E-state index contributed by atoms with van der Waals surface area (Å²) in [6.07, 6.45) is -25.0. The van der Waals surface area contributed by atoms with Crippen LogP contribution in [0.15, 0.2) is 425 Å². The van der Waals surface area contributed by atoms with E-state index >= 15 is 5.11 Å². The highest BCUT2D eigenvalue weighted by molar-refractivity contribution is 5.26.